The Morgan fingerprint density at radius 3 is 2.79 bits per heavy atom. The van der Waals surface area contributed by atoms with Crippen LogP contribution in [0, 0.1) is 0 Å². The fourth-order valence-corrected chi connectivity index (χ4v) is 2.10. The van der Waals surface area contributed by atoms with Crippen molar-refractivity contribution < 1.29 is 14.2 Å². The number of benzene rings is 1. The number of rotatable bonds is 6. The van der Waals surface area contributed by atoms with E-state index in [4.69, 9.17) is 19.9 Å². The highest BCUT2D eigenvalue weighted by Crippen LogP contribution is 2.28. The third-order valence-corrected chi connectivity index (χ3v) is 3.17. The summed E-state index contributed by atoms with van der Waals surface area (Å²) in [6.07, 6.45) is 0.994. The van der Waals surface area contributed by atoms with E-state index >= 15 is 0 Å². The second kappa shape index (κ2) is 7.21. The van der Waals surface area contributed by atoms with Crippen molar-refractivity contribution >= 4 is 5.69 Å². The molecule has 0 radical (unpaired) electrons. The number of hydrogen-bond acceptors (Lipinski definition) is 5. The Morgan fingerprint density at radius 2 is 2.05 bits per heavy atom. The molecule has 1 aliphatic heterocycles. The zero-order valence-corrected chi connectivity index (χ0v) is 11.4. The number of anilines is 1. The molecule has 1 fully saturated rings. The second-order valence-electron chi connectivity index (χ2n) is 4.57. The predicted octanol–water partition coefficient (Wildman–Crippen LogP) is 1.38. The number of nitrogen functional groups attached to an aromatic ring is 1. The predicted molar refractivity (Wildman–Crippen MR) is 74.8 cm³/mol. The summed E-state index contributed by atoms with van der Waals surface area (Å²) in [5.41, 5.74) is 6.38. The summed E-state index contributed by atoms with van der Waals surface area (Å²) in [5, 5.41) is 0. The van der Waals surface area contributed by atoms with Crippen molar-refractivity contribution in [2.45, 2.75) is 6.42 Å². The van der Waals surface area contributed by atoms with Gasteiger partial charge in [-0.05, 0) is 18.6 Å². The first-order valence-electron chi connectivity index (χ1n) is 6.66. The third kappa shape index (κ3) is 4.29. The lowest BCUT2D eigenvalue weighted by molar-refractivity contribution is 0.0357. The van der Waals surface area contributed by atoms with E-state index < -0.39 is 0 Å². The van der Waals surface area contributed by atoms with Crippen molar-refractivity contribution in [2.24, 2.45) is 0 Å². The largest absolute Gasteiger partial charge is 0.493 e. The van der Waals surface area contributed by atoms with Crippen LogP contribution in [0.3, 0.4) is 0 Å². The monoisotopic (exact) mass is 266 g/mol. The molecular formula is C14H22N2O3. The molecule has 0 unspecified atom stereocenters. The average molecular weight is 266 g/mol. The highest BCUT2D eigenvalue weighted by Gasteiger charge is 2.10. The summed E-state index contributed by atoms with van der Waals surface area (Å²) in [6.45, 7) is 5.44. The van der Waals surface area contributed by atoms with E-state index in [1.807, 2.05) is 12.1 Å². The Bertz CT molecular complexity index is 392. The van der Waals surface area contributed by atoms with Gasteiger partial charge < -0.3 is 19.9 Å². The molecule has 1 saturated heterocycles. The SMILES string of the molecule is COc1cc(N)ccc1OCCCN1CCOCC1. The van der Waals surface area contributed by atoms with Crippen molar-refractivity contribution in [3.8, 4) is 11.5 Å². The zero-order chi connectivity index (χ0) is 13.5. The molecule has 19 heavy (non-hydrogen) atoms. The smallest absolute Gasteiger partial charge is 0.162 e. The topological polar surface area (TPSA) is 57.0 Å². The molecule has 1 aromatic rings. The van der Waals surface area contributed by atoms with E-state index in [-0.39, 0.29) is 0 Å². The van der Waals surface area contributed by atoms with Crippen LogP contribution >= 0.6 is 0 Å². The minimum absolute atomic E-state index is 0.678. The van der Waals surface area contributed by atoms with Gasteiger partial charge in [0, 0.05) is 31.4 Å². The van der Waals surface area contributed by atoms with Crippen LogP contribution in [0.25, 0.3) is 0 Å². The van der Waals surface area contributed by atoms with Gasteiger partial charge in [-0.3, -0.25) is 4.90 Å². The Balaban J connectivity index is 1.73. The second-order valence-corrected chi connectivity index (χ2v) is 4.57. The summed E-state index contributed by atoms with van der Waals surface area (Å²) >= 11 is 0. The van der Waals surface area contributed by atoms with Crippen molar-refractivity contribution in [1.82, 2.24) is 4.90 Å². The van der Waals surface area contributed by atoms with Gasteiger partial charge in [-0.2, -0.15) is 0 Å². The molecule has 0 aliphatic carbocycles. The van der Waals surface area contributed by atoms with E-state index in [1.54, 1.807) is 13.2 Å². The van der Waals surface area contributed by atoms with Crippen molar-refractivity contribution in [1.29, 1.82) is 0 Å². The number of hydrogen-bond donors (Lipinski definition) is 1. The van der Waals surface area contributed by atoms with Crippen LogP contribution in [0.5, 0.6) is 11.5 Å². The molecule has 0 bridgehead atoms. The summed E-state index contributed by atoms with van der Waals surface area (Å²) in [5.74, 6) is 1.44. The van der Waals surface area contributed by atoms with Crippen LogP contribution in [-0.4, -0.2) is 51.5 Å². The van der Waals surface area contributed by atoms with Gasteiger partial charge >= 0.3 is 0 Å². The molecule has 0 atom stereocenters. The molecule has 0 spiro atoms. The van der Waals surface area contributed by atoms with E-state index in [0.29, 0.717) is 18.0 Å². The molecule has 5 heteroatoms. The van der Waals surface area contributed by atoms with E-state index in [1.165, 1.54) is 0 Å². The number of nitrogens with zero attached hydrogens (tertiary/aromatic N) is 1. The van der Waals surface area contributed by atoms with Gasteiger partial charge in [0.2, 0.25) is 0 Å². The van der Waals surface area contributed by atoms with Gasteiger partial charge in [-0.25, -0.2) is 0 Å². The maximum absolute atomic E-state index is 5.74. The zero-order valence-electron chi connectivity index (χ0n) is 11.4. The molecule has 106 valence electrons. The van der Waals surface area contributed by atoms with Gasteiger partial charge in [0.05, 0.1) is 26.9 Å². The molecule has 2 N–H and O–H groups in total. The standard InChI is InChI=1S/C14H22N2O3/c1-17-14-11-12(15)3-4-13(14)19-8-2-5-16-6-9-18-10-7-16/h3-4,11H,2,5-10,15H2,1H3. The van der Waals surface area contributed by atoms with Gasteiger partial charge in [-0.15, -0.1) is 0 Å². The first-order chi connectivity index (χ1) is 9.29. The molecule has 0 saturated carbocycles. The molecule has 1 aromatic carbocycles. The minimum Gasteiger partial charge on any atom is -0.493 e. The van der Waals surface area contributed by atoms with E-state index in [0.717, 1.165) is 45.0 Å². The maximum Gasteiger partial charge on any atom is 0.162 e. The summed E-state index contributed by atoms with van der Waals surface area (Å²) in [7, 11) is 1.62. The molecule has 1 aliphatic rings. The molecular weight excluding hydrogens is 244 g/mol. The lowest BCUT2D eigenvalue weighted by atomic mass is 10.3. The lowest BCUT2D eigenvalue weighted by Crippen LogP contribution is -2.37. The number of methoxy groups -OCH3 is 1. The van der Waals surface area contributed by atoms with Gasteiger partial charge in [0.1, 0.15) is 0 Å². The lowest BCUT2D eigenvalue weighted by Gasteiger charge is -2.26. The van der Waals surface area contributed by atoms with E-state index in [9.17, 15) is 0 Å². The van der Waals surface area contributed by atoms with Gasteiger partial charge in [0.25, 0.3) is 0 Å². The number of nitrogens with two attached hydrogens (primary N) is 1. The molecule has 0 amide bonds. The summed E-state index contributed by atoms with van der Waals surface area (Å²) in [6, 6.07) is 5.44. The first kappa shape index (κ1) is 14.0. The minimum atomic E-state index is 0.678. The van der Waals surface area contributed by atoms with Crippen LogP contribution in [0.2, 0.25) is 0 Å². The van der Waals surface area contributed by atoms with Crippen LogP contribution in [0.4, 0.5) is 5.69 Å². The highest BCUT2D eigenvalue weighted by molar-refractivity contribution is 5.51. The number of morpholine rings is 1. The van der Waals surface area contributed by atoms with Crippen molar-refractivity contribution in [2.75, 3.05) is 52.3 Å². The summed E-state index contributed by atoms with van der Waals surface area (Å²) < 4.78 is 16.3. The van der Waals surface area contributed by atoms with Crippen LogP contribution < -0.4 is 15.2 Å². The normalized spacial score (nSPS) is 16.3. The highest BCUT2D eigenvalue weighted by atomic mass is 16.5. The average Bonchev–Trinajstić information content (AvgIpc) is 2.46. The molecule has 2 rings (SSSR count). The first-order valence-corrected chi connectivity index (χ1v) is 6.66. The number of ether oxygens (including phenoxy) is 3. The van der Waals surface area contributed by atoms with E-state index in [2.05, 4.69) is 4.90 Å². The molecule has 0 aromatic heterocycles. The molecule has 5 nitrogen and oxygen atoms in total. The quantitative estimate of drug-likeness (QED) is 0.622. The van der Waals surface area contributed by atoms with Crippen molar-refractivity contribution in [3.63, 3.8) is 0 Å². The summed E-state index contributed by atoms with van der Waals surface area (Å²) in [4.78, 5) is 2.40. The Morgan fingerprint density at radius 1 is 1.26 bits per heavy atom. The van der Waals surface area contributed by atoms with Crippen LogP contribution in [0.1, 0.15) is 6.42 Å². The van der Waals surface area contributed by atoms with Crippen LogP contribution in [-0.2, 0) is 4.74 Å². The Kier molecular flexibility index (Phi) is 5.30. The molecule has 1 heterocycles. The van der Waals surface area contributed by atoms with Gasteiger partial charge in [-0.1, -0.05) is 0 Å². The van der Waals surface area contributed by atoms with Crippen LogP contribution in [0.15, 0.2) is 18.2 Å². The van der Waals surface area contributed by atoms with Gasteiger partial charge in [0.15, 0.2) is 11.5 Å². The Labute approximate surface area is 114 Å². The Hall–Kier alpha value is -1.46. The van der Waals surface area contributed by atoms with Crippen molar-refractivity contribution in [3.05, 3.63) is 18.2 Å². The third-order valence-electron chi connectivity index (χ3n) is 3.17. The maximum atomic E-state index is 5.74. The fourth-order valence-electron chi connectivity index (χ4n) is 2.10. The fraction of sp³-hybridized carbons (Fsp3) is 0.571.